The van der Waals surface area contributed by atoms with Crippen LogP contribution in [0.1, 0.15) is 39.2 Å². The number of nitrogens with one attached hydrogen (secondary N) is 2. The van der Waals surface area contributed by atoms with Crippen LogP contribution in [0.25, 0.3) is 0 Å². The third-order valence-corrected chi connectivity index (χ3v) is 6.99. The van der Waals surface area contributed by atoms with E-state index in [1.54, 1.807) is 48.2 Å². The summed E-state index contributed by atoms with van der Waals surface area (Å²) in [6, 6.07) is 10.7. The molecule has 1 aliphatic rings. The van der Waals surface area contributed by atoms with Gasteiger partial charge >= 0.3 is 0 Å². The lowest BCUT2D eigenvalue weighted by Gasteiger charge is -2.21. The topological polar surface area (TPSA) is 105 Å². The number of carbonyl (C=O) groups excluding carboxylic acids is 2. The molecule has 0 saturated carbocycles. The molecule has 2 N–H and O–H groups in total. The Balaban J connectivity index is 1.81. The molecule has 0 fully saturated rings. The van der Waals surface area contributed by atoms with E-state index in [1.807, 2.05) is 13.8 Å². The molecule has 33 heavy (non-hydrogen) atoms. The molecule has 8 nitrogen and oxygen atoms in total. The summed E-state index contributed by atoms with van der Waals surface area (Å²) < 4.78 is 34.1. The van der Waals surface area contributed by atoms with Gasteiger partial charge in [0, 0.05) is 30.4 Å². The zero-order valence-corrected chi connectivity index (χ0v) is 20.2. The zero-order valence-electron chi connectivity index (χ0n) is 19.4. The second kappa shape index (κ2) is 10.4. The van der Waals surface area contributed by atoms with Crippen molar-refractivity contribution in [1.29, 1.82) is 0 Å². The van der Waals surface area contributed by atoms with Crippen LogP contribution in [0.5, 0.6) is 5.75 Å². The van der Waals surface area contributed by atoms with Gasteiger partial charge in [0.05, 0.1) is 12.0 Å². The molecule has 0 aliphatic carbocycles. The number of nitrogens with zero attached hydrogens (tertiary/aromatic N) is 1. The Morgan fingerprint density at radius 3 is 2.58 bits per heavy atom. The Labute approximate surface area is 195 Å². The summed E-state index contributed by atoms with van der Waals surface area (Å²) in [6.45, 7) is 6.19. The van der Waals surface area contributed by atoms with Crippen molar-refractivity contribution < 1.29 is 22.7 Å². The highest BCUT2D eigenvalue weighted by molar-refractivity contribution is 7.89. The van der Waals surface area contributed by atoms with E-state index in [4.69, 9.17) is 4.74 Å². The lowest BCUT2D eigenvalue weighted by atomic mass is 10.0. The Bertz CT molecular complexity index is 1130. The number of ether oxygens (including phenoxy) is 1. The van der Waals surface area contributed by atoms with Gasteiger partial charge in [-0.1, -0.05) is 26.8 Å². The molecule has 0 spiro atoms. The highest BCUT2D eigenvalue weighted by Gasteiger charge is 2.29. The Morgan fingerprint density at radius 1 is 1.15 bits per heavy atom. The molecule has 0 radical (unpaired) electrons. The highest BCUT2D eigenvalue weighted by Crippen LogP contribution is 2.31. The molecule has 0 bridgehead atoms. The van der Waals surface area contributed by atoms with Crippen LogP contribution in [-0.2, 0) is 26.0 Å². The summed E-state index contributed by atoms with van der Waals surface area (Å²) in [5, 5.41) is 2.77. The molecule has 1 unspecified atom stereocenters. The van der Waals surface area contributed by atoms with E-state index in [9.17, 15) is 18.0 Å². The smallest absolute Gasteiger partial charge is 0.242 e. The monoisotopic (exact) mass is 473 g/mol. The van der Waals surface area contributed by atoms with Gasteiger partial charge in [-0.25, -0.2) is 8.42 Å². The molecule has 0 saturated heterocycles. The fourth-order valence-electron chi connectivity index (χ4n) is 3.86. The van der Waals surface area contributed by atoms with Crippen LogP contribution in [0, 0.1) is 5.92 Å². The number of carbonyl (C=O) groups is 2. The van der Waals surface area contributed by atoms with Gasteiger partial charge in [0.15, 0.2) is 0 Å². The van der Waals surface area contributed by atoms with Gasteiger partial charge in [0.1, 0.15) is 11.8 Å². The number of rotatable bonds is 9. The van der Waals surface area contributed by atoms with Crippen molar-refractivity contribution in [2.45, 2.75) is 51.0 Å². The van der Waals surface area contributed by atoms with Gasteiger partial charge in [-0.3, -0.25) is 9.59 Å². The van der Waals surface area contributed by atoms with Crippen molar-refractivity contribution in [3.05, 3.63) is 48.0 Å². The van der Waals surface area contributed by atoms with Gasteiger partial charge in [0.25, 0.3) is 0 Å². The minimum absolute atomic E-state index is 0.00805. The first-order valence-electron chi connectivity index (χ1n) is 11.0. The first-order valence-corrected chi connectivity index (χ1v) is 12.5. The average Bonchev–Trinajstić information content (AvgIpc) is 3.21. The first-order chi connectivity index (χ1) is 15.6. The molecular formula is C24H31N3O5S. The van der Waals surface area contributed by atoms with Crippen LogP contribution in [0.4, 0.5) is 11.4 Å². The predicted molar refractivity (Wildman–Crippen MR) is 128 cm³/mol. The number of benzene rings is 2. The van der Waals surface area contributed by atoms with Crippen LogP contribution in [-0.4, -0.2) is 39.9 Å². The van der Waals surface area contributed by atoms with Gasteiger partial charge in [0.2, 0.25) is 21.8 Å². The van der Waals surface area contributed by atoms with Crippen molar-refractivity contribution in [2.75, 3.05) is 23.9 Å². The number of sulfonamides is 1. The largest absolute Gasteiger partial charge is 0.497 e. The second-order valence-corrected chi connectivity index (χ2v) is 10.2. The van der Waals surface area contributed by atoms with E-state index >= 15 is 0 Å². The van der Waals surface area contributed by atoms with Crippen LogP contribution in [0.3, 0.4) is 0 Å². The number of hydrogen-bond acceptors (Lipinski definition) is 5. The summed E-state index contributed by atoms with van der Waals surface area (Å²) in [7, 11) is -2.43. The van der Waals surface area contributed by atoms with Crippen molar-refractivity contribution >= 4 is 33.2 Å². The fraction of sp³-hybridized carbons (Fsp3) is 0.417. The third-order valence-electron chi connectivity index (χ3n) is 5.52. The van der Waals surface area contributed by atoms with Crippen LogP contribution in [0.15, 0.2) is 47.4 Å². The van der Waals surface area contributed by atoms with E-state index in [2.05, 4.69) is 10.0 Å². The Hall–Kier alpha value is -2.91. The molecule has 1 aliphatic heterocycles. The molecule has 1 atom stereocenters. The van der Waals surface area contributed by atoms with E-state index in [1.165, 1.54) is 13.2 Å². The van der Waals surface area contributed by atoms with Crippen LogP contribution in [0.2, 0.25) is 0 Å². The quantitative estimate of drug-likeness (QED) is 0.581. The summed E-state index contributed by atoms with van der Waals surface area (Å²) in [5.41, 5.74) is 2.07. The standard InChI is InChI=1S/C24H31N3O5S/c1-5-23(28)27-12-11-17-14-20(9-10-22(17)27)33(30,31)26-21(13-16(2)3)24(29)25-18-7-6-8-19(15-18)32-4/h6-10,14-16,21,26H,5,11-13H2,1-4H3,(H,25,29). The maximum atomic E-state index is 13.2. The van der Waals surface area contributed by atoms with E-state index in [0.29, 0.717) is 37.2 Å². The molecular weight excluding hydrogens is 442 g/mol. The van der Waals surface area contributed by atoms with Crippen molar-refractivity contribution in [1.82, 2.24) is 4.72 Å². The van der Waals surface area contributed by atoms with E-state index in [-0.39, 0.29) is 16.7 Å². The maximum absolute atomic E-state index is 13.2. The van der Waals surface area contributed by atoms with Gasteiger partial charge in [-0.15, -0.1) is 0 Å². The predicted octanol–water partition coefficient (Wildman–Crippen LogP) is 3.33. The van der Waals surface area contributed by atoms with Gasteiger partial charge in [-0.2, -0.15) is 4.72 Å². The van der Waals surface area contributed by atoms with Crippen molar-refractivity contribution in [2.24, 2.45) is 5.92 Å². The Kier molecular flexibility index (Phi) is 7.76. The van der Waals surface area contributed by atoms with Gasteiger partial charge < -0.3 is 15.0 Å². The summed E-state index contributed by atoms with van der Waals surface area (Å²) in [5.74, 6) is 0.236. The lowest BCUT2D eigenvalue weighted by molar-refractivity contribution is -0.118. The number of amides is 2. The molecule has 3 rings (SSSR count). The molecule has 1 heterocycles. The zero-order chi connectivity index (χ0) is 24.2. The first kappa shape index (κ1) is 24.7. The second-order valence-electron chi connectivity index (χ2n) is 8.46. The molecule has 2 amide bonds. The SMILES string of the molecule is CCC(=O)N1CCc2cc(S(=O)(=O)NC(CC(C)C)C(=O)Nc3cccc(OC)c3)ccc21. The Morgan fingerprint density at radius 2 is 1.91 bits per heavy atom. The third kappa shape index (κ3) is 5.91. The number of anilines is 2. The van der Waals surface area contributed by atoms with Crippen molar-refractivity contribution in [3.8, 4) is 5.75 Å². The highest BCUT2D eigenvalue weighted by atomic mass is 32.2. The van der Waals surface area contributed by atoms with Crippen LogP contribution < -0.4 is 19.7 Å². The number of methoxy groups -OCH3 is 1. The van der Waals surface area contributed by atoms with Crippen LogP contribution >= 0.6 is 0 Å². The van der Waals surface area contributed by atoms with Crippen molar-refractivity contribution in [3.63, 3.8) is 0 Å². The van der Waals surface area contributed by atoms with E-state index < -0.39 is 22.0 Å². The molecule has 0 aromatic heterocycles. The lowest BCUT2D eigenvalue weighted by Crippen LogP contribution is -2.44. The number of hydrogen-bond donors (Lipinski definition) is 2. The average molecular weight is 474 g/mol. The summed E-state index contributed by atoms with van der Waals surface area (Å²) in [6.07, 6.45) is 1.31. The molecule has 2 aromatic carbocycles. The number of fused-ring (bicyclic) bond motifs is 1. The summed E-state index contributed by atoms with van der Waals surface area (Å²) in [4.78, 5) is 26.8. The fourth-order valence-corrected chi connectivity index (χ4v) is 5.12. The normalized spacial score (nSPS) is 14.2. The molecule has 2 aromatic rings. The van der Waals surface area contributed by atoms with Gasteiger partial charge in [-0.05, 0) is 54.7 Å². The molecule has 9 heteroatoms. The van der Waals surface area contributed by atoms with E-state index in [0.717, 1.165) is 11.3 Å². The maximum Gasteiger partial charge on any atom is 0.242 e. The summed E-state index contributed by atoms with van der Waals surface area (Å²) >= 11 is 0. The minimum Gasteiger partial charge on any atom is -0.497 e. The minimum atomic E-state index is -3.96. The molecule has 178 valence electrons.